The van der Waals surface area contributed by atoms with Crippen molar-refractivity contribution in [2.24, 2.45) is 0 Å². The van der Waals surface area contributed by atoms with Crippen molar-refractivity contribution in [1.29, 1.82) is 0 Å². The zero-order chi connectivity index (χ0) is 18.9. The van der Waals surface area contributed by atoms with Crippen molar-refractivity contribution in [2.75, 3.05) is 18.5 Å². The predicted molar refractivity (Wildman–Crippen MR) is 94.5 cm³/mol. The van der Waals surface area contributed by atoms with E-state index in [0.29, 0.717) is 17.1 Å². The van der Waals surface area contributed by atoms with Crippen LogP contribution in [0.15, 0.2) is 24.3 Å². The van der Waals surface area contributed by atoms with E-state index < -0.39 is 30.2 Å². The van der Waals surface area contributed by atoms with Gasteiger partial charge < -0.3 is 20.1 Å². The summed E-state index contributed by atoms with van der Waals surface area (Å²) in [5.41, 5.74) is -0.121. The highest BCUT2D eigenvalue weighted by molar-refractivity contribution is 6.33. The maximum atomic E-state index is 11.7. The van der Waals surface area contributed by atoms with Gasteiger partial charge in [0.25, 0.3) is 5.91 Å². The molecule has 138 valence electrons. The number of anilines is 1. The van der Waals surface area contributed by atoms with Crippen LogP contribution in [0.2, 0.25) is 5.02 Å². The molecule has 1 aromatic rings. The molecule has 0 bridgehead atoms. The largest absolute Gasteiger partial charge is 0.456 e. The van der Waals surface area contributed by atoms with E-state index in [0.717, 1.165) is 0 Å². The van der Waals surface area contributed by atoms with Crippen molar-refractivity contribution in [3.05, 3.63) is 29.3 Å². The number of para-hydroxylation sites is 1. The van der Waals surface area contributed by atoms with Gasteiger partial charge >= 0.3 is 12.1 Å². The number of hydrogen-bond acceptors (Lipinski definition) is 5. The summed E-state index contributed by atoms with van der Waals surface area (Å²) >= 11 is 5.91. The Balaban J connectivity index is 2.17. The first-order chi connectivity index (χ1) is 11.7. The number of benzene rings is 1. The highest BCUT2D eigenvalue weighted by atomic mass is 35.5. The lowest BCUT2D eigenvalue weighted by atomic mass is 10.2. The molecule has 0 atom stereocenters. The molecule has 0 fully saturated rings. The van der Waals surface area contributed by atoms with E-state index in [-0.39, 0.29) is 13.0 Å². The molecule has 0 saturated carbocycles. The third-order valence-electron chi connectivity index (χ3n) is 2.74. The van der Waals surface area contributed by atoms with Crippen LogP contribution in [0.3, 0.4) is 0 Å². The van der Waals surface area contributed by atoms with E-state index in [1.807, 2.05) is 0 Å². The summed E-state index contributed by atoms with van der Waals surface area (Å²) in [6, 6.07) is 6.75. The lowest BCUT2D eigenvalue weighted by Crippen LogP contribution is -2.33. The van der Waals surface area contributed by atoms with Crippen molar-refractivity contribution in [3.63, 3.8) is 0 Å². The molecule has 0 aliphatic heterocycles. The third-order valence-corrected chi connectivity index (χ3v) is 3.07. The Kier molecular flexibility index (Phi) is 8.21. The molecule has 25 heavy (non-hydrogen) atoms. The molecule has 0 saturated heterocycles. The van der Waals surface area contributed by atoms with Crippen LogP contribution in [0.4, 0.5) is 10.5 Å². The van der Waals surface area contributed by atoms with Gasteiger partial charge in [0.15, 0.2) is 6.61 Å². The van der Waals surface area contributed by atoms with Gasteiger partial charge in [-0.05, 0) is 39.3 Å². The van der Waals surface area contributed by atoms with E-state index in [1.54, 1.807) is 45.0 Å². The quantitative estimate of drug-likeness (QED) is 0.568. The molecule has 0 aliphatic rings. The number of hydrogen-bond donors (Lipinski definition) is 2. The van der Waals surface area contributed by atoms with Crippen molar-refractivity contribution >= 4 is 35.3 Å². The standard InChI is InChI=1S/C17H23ClN2O5/c1-17(2,3)25-16(23)19-10-6-9-15(22)24-11-14(21)20-13-8-5-4-7-12(13)18/h4-5,7-8H,6,9-11H2,1-3H3,(H,19,23)(H,20,21). The minimum Gasteiger partial charge on any atom is -0.456 e. The fraction of sp³-hybridized carbons (Fsp3) is 0.471. The van der Waals surface area contributed by atoms with Gasteiger partial charge in [0.2, 0.25) is 0 Å². The van der Waals surface area contributed by atoms with Crippen molar-refractivity contribution in [1.82, 2.24) is 5.32 Å². The molecule has 7 nitrogen and oxygen atoms in total. The smallest absolute Gasteiger partial charge is 0.407 e. The van der Waals surface area contributed by atoms with E-state index in [9.17, 15) is 14.4 Å². The molecule has 0 aliphatic carbocycles. The molecule has 1 rings (SSSR count). The molecule has 0 heterocycles. The van der Waals surface area contributed by atoms with Crippen LogP contribution in [-0.4, -0.2) is 36.7 Å². The van der Waals surface area contributed by atoms with Crippen LogP contribution in [0.25, 0.3) is 0 Å². The third kappa shape index (κ3) is 9.56. The first-order valence-corrected chi connectivity index (χ1v) is 8.22. The Morgan fingerprint density at radius 3 is 2.48 bits per heavy atom. The predicted octanol–water partition coefficient (Wildman–Crippen LogP) is 3.13. The number of ether oxygens (including phenoxy) is 2. The Labute approximate surface area is 152 Å². The molecule has 2 N–H and O–H groups in total. The Morgan fingerprint density at radius 1 is 1.16 bits per heavy atom. The minimum absolute atomic E-state index is 0.0785. The number of carbonyl (C=O) groups excluding carboxylic acids is 3. The molecule has 8 heteroatoms. The van der Waals surface area contributed by atoms with Gasteiger partial charge in [-0.25, -0.2) is 4.79 Å². The maximum absolute atomic E-state index is 11.7. The second-order valence-corrected chi connectivity index (χ2v) is 6.63. The van der Waals surface area contributed by atoms with E-state index >= 15 is 0 Å². The van der Waals surface area contributed by atoms with E-state index in [1.165, 1.54) is 0 Å². The average molecular weight is 371 g/mol. The van der Waals surface area contributed by atoms with Crippen LogP contribution in [0, 0.1) is 0 Å². The number of carbonyl (C=O) groups is 3. The summed E-state index contributed by atoms with van der Waals surface area (Å²) in [5.74, 6) is -1.01. The van der Waals surface area contributed by atoms with Crippen molar-refractivity contribution in [3.8, 4) is 0 Å². The lowest BCUT2D eigenvalue weighted by molar-refractivity contribution is -0.147. The van der Waals surface area contributed by atoms with Gasteiger partial charge in [-0.15, -0.1) is 0 Å². The summed E-state index contributed by atoms with van der Waals surface area (Å²) in [7, 11) is 0. The molecular weight excluding hydrogens is 348 g/mol. The summed E-state index contributed by atoms with van der Waals surface area (Å²) in [6.07, 6.45) is -0.0840. The summed E-state index contributed by atoms with van der Waals surface area (Å²) < 4.78 is 9.93. The highest BCUT2D eigenvalue weighted by Gasteiger charge is 2.15. The van der Waals surface area contributed by atoms with Gasteiger partial charge in [0, 0.05) is 13.0 Å². The second-order valence-electron chi connectivity index (χ2n) is 6.22. The fourth-order valence-electron chi connectivity index (χ4n) is 1.70. The van der Waals surface area contributed by atoms with E-state index in [4.69, 9.17) is 21.1 Å². The summed E-state index contributed by atoms with van der Waals surface area (Å²) in [6.45, 7) is 5.16. The van der Waals surface area contributed by atoms with Crippen LogP contribution in [-0.2, 0) is 19.1 Å². The van der Waals surface area contributed by atoms with Gasteiger partial charge in [-0.3, -0.25) is 9.59 Å². The number of alkyl carbamates (subject to hydrolysis) is 1. The number of esters is 1. The summed E-state index contributed by atoms with van der Waals surface area (Å²) in [5, 5.41) is 5.48. The van der Waals surface area contributed by atoms with Gasteiger partial charge in [-0.2, -0.15) is 0 Å². The molecule has 0 radical (unpaired) electrons. The number of amides is 2. The molecule has 0 spiro atoms. The van der Waals surface area contributed by atoms with Crippen molar-refractivity contribution in [2.45, 2.75) is 39.2 Å². The van der Waals surface area contributed by atoms with Gasteiger partial charge in [0.1, 0.15) is 5.60 Å². The molecule has 0 aromatic heterocycles. The topological polar surface area (TPSA) is 93.7 Å². The highest BCUT2D eigenvalue weighted by Crippen LogP contribution is 2.20. The average Bonchev–Trinajstić information content (AvgIpc) is 2.50. The van der Waals surface area contributed by atoms with Crippen LogP contribution < -0.4 is 10.6 Å². The van der Waals surface area contributed by atoms with Crippen LogP contribution >= 0.6 is 11.6 Å². The van der Waals surface area contributed by atoms with Crippen LogP contribution in [0.5, 0.6) is 0 Å². The Morgan fingerprint density at radius 2 is 1.84 bits per heavy atom. The zero-order valence-electron chi connectivity index (χ0n) is 14.6. The molecular formula is C17H23ClN2O5. The lowest BCUT2D eigenvalue weighted by Gasteiger charge is -2.19. The molecule has 0 unspecified atom stereocenters. The van der Waals surface area contributed by atoms with Gasteiger partial charge in [0.05, 0.1) is 10.7 Å². The molecule has 1 aromatic carbocycles. The van der Waals surface area contributed by atoms with Crippen LogP contribution in [0.1, 0.15) is 33.6 Å². The number of nitrogens with one attached hydrogen (secondary N) is 2. The Bertz CT molecular complexity index is 613. The normalized spacial score (nSPS) is 10.7. The maximum Gasteiger partial charge on any atom is 0.407 e. The van der Waals surface area contributed by atoms with Gasteiger partial charge in [-0.1, -0.05) is 23.7 Å². The zero-order valence-corrected chi connectivity index (χ0v) is 15.3. The van der Waals surface area contributed by atoms with Crippen molar-refractivity contribution < 1.29 is 23.9 Å². The number of rotatable bonds is 7. The monoisotopic (exact) mass is 370 g/mol. The first-order valence-electron chi connectivity index (χ1n) is 7.84. The Hall–Kier alpha value is -2.28. The number of halogens is 1. The molecule has 2 amide bonds. The SMILES string of the molecule is CC(C)(C)OC(=O)NCCCC(=O)OCC(=O)Nc1ccccc1Cl. The fourth-order valence-corrected chi connectivity index (χ4v) is 1.89. The minimum atomic E-state index is -0.571. The second kappa shape index (κ2) is 9.88. The summed E-state index contributed by atoms with van der Waals surface area (Å²) in [4.78, 5) is 34.7. The van der Waals surface area contributed by atoms with E-state index in [2.05, 4.69) is 10.6 Å². The first kappa shape index (κ1) is 20.8.